The first kappa shape index (κ1) is 13.1. The van der Waals surface area contributed by atoms with Crippen molar-refractivity contribution in [2.45, 2.75) is 12.1 Å². The number of anilines is 1. The maximum atomic E-state index is 11.4. The van der Waals surface area contributed by atoms with Crippen molar-refractivity contribution in [2.75, 3.05) is 25.5 Å². The summed E-state index contributed by atoms with van der Waals surface area (Å²) in [5, 5.41) is 6.83. The maximum Gasteiger partial charge on any atom is 0.252 e. The summed E-state index contributed by atoms with van der Waals surface area (Å²) in [5.74, 6) is -0.539. The smallest absolute Gasteiger partial charge is 0.252 e. The van der Waals surface area contributed by atoms with Gasteiger partial charge in [0.05, 0.1) is 22.7 Å². The first-order valence-corrected chi connectivity index (χ1v) is 6.09. The van der Waals surface area contributed by atoms with Crippen LogP contribution in [0.25, 0.3) is 0 Å². The molecule has 98 valence electrons. The number of primary amides is 1. The molecule has 1 unspecified atom stereocenters. The SMILES string of the molecule is CO[C@@H]1CNCC1Nc1cccc(Cl)c1C(N)=O. The van der Waals surface area contributed by atoms with E-state index in [0.717, 1.165) is 13.1 Å². The molecule has 5 nitrogen and oxygen atoms in total. The van der Waals surface area contributed by atoms with E-state index >= 15 is 0 Å². The van der Waals surface area contributed by atoms with E-state index in [1.807, 2.05) is 0 Å². The van der Waals surface area contributed by atoms with Gasteiger partial charge in [0.25, 0.3) is 5.91 Å². The van der Waals surface area contributed by atoms with E-state index < -0.39 is 5.91 Å². The van der Waals surface area contributed by atoms with Gasteiger partial charge in [0.2, 0.25) is 0 Å². The molecule has 0 aliphatic carbocycles. The van der Waals surface area contributed by atoms with Crippen LogP contribution in [-0.4, -0.2) is 38.3 Å². The normalized spacial score (nSPS) is 23.0. The molecule has 0 bridgehead atoms. The van der Waals surface area contributed by atoms with Crippen LogP contribution in [0.5, 0.6) is 0 Å². The lowest BCUT2D eigenvalue weighted by molar-refractivity contribution is 0.0999. The van der Waals surface area contributed by atoms with Crippen LogP contribution in [0.2, 0.25) is 5.02 Å². The minimum Gasteiger partial charge on any atom is -0.378 e. The van der Waals surface area contributed by atoms with Gasteiger partial charge in [-0.05, 0) is 12.1 Å². The highest BCUT2D eigenvalue weighted by Crippen LogP contribution is 2.25. The Morgan fingerprint density at radius 1 is 1.56 bits per heavy atom. The van der Waals surface area contributed by atoms with Gasteiger partial charge in [-0.2, -0.15) is 0 Å². The van der Waals surface area contributed by atoms with Crippen LogP contribution in [0.1, 0.15) is 10.4 Å². The van der Waals surface area contributed by atoms with Crippen molar-refractivity contribution >= 4 is 23.2 Å². The monoisotopic (exact) mass is 269 g/mol. The predicted molar refractivity (Wildman–Crippen MR) is 71.0 cm³/mol. The number of methoxy groups -OCH3 is 1. The Bertz CT molecular complexity index is 453. The van der Waals surface area contributed by atoms with E-state index in [9.17, 15) is 4.79 Å². The minimum atomic E-state index is -0.539. The third-order valence-electron chi connectivity index (χ3n) is 3.06. The highest BCUT2D eigenvalue weighted by atomic mass is 35.5. The molecule has 0 saturated carbocycles. The third kappa shape index (κ3) is 2.58. The lowest BCUT2D eigenvalue weighted by atomic mass is 10.1. The molecule has 2 atom stereocenters. The van der Waals surface area contributed by atoms with Crippen LogP contribution in [-0.2, 0) is 4.74 Å². The van der Waals surface area contributed by atoms with E-state index in [0.29, 0.717) is 16.3 Å². The number of carbonyl (C=O) groups excluding carboxylic acids is 1. The Kier molecular flexibility index (Phi) is 4.06. The number of nitrogens with one attached hydrogen (secondary N) is 2. The molecule has 1 amide bonds. The molecule has 0 aromatic heterocycles. The topological polar surface area (TPSA) is 76.4 Å². The van der Waals surface area contributed by atoms with E-state index in [-0.39, 0.29) is 12.1 Å². The van der Waals surface area contributed by atoms with Crippen LogP contribution < -0.4 is 16.4 Å². The van der Waals surface area contributed by atoms with Gasteiger partial charge in [0.15, 0.2) is 0 Å². The largest absolute Gasteiger partial charge is 0.378 e. The fourth-order valence-electron chi connectivity index (χ4n) is 2.14. The maximum absolute atomic E-state index is 11.4. The first-order valence-electron chi connectivity index (χ1n) is 5.72. The fourth-order valence-corrected chi connectivity index (χ4v) is 2.41. The van der Waals surface area contributed by atoms with Gasteiger partial charge >= 0.3 is 0 Å². The van der Waals surface area contributed by atoms with Gasteiger partial charge in [0.1, 0.15) is 0 Å². The highest BCUT2D eigenvalue weighted by molar-refractivity contribution is 6.34. The molecular formula is C12H16ClN3O2. The lowest BCUT2D eigenvalue weighted by Crippen LogP contribution is -2.34. The second-order valence-corrected chi connectivity index (χ2v) is 4.62. The van der Waals surface area contributed by atoms with Gasteiger partial charge in [-0.3, -0.25) is 4.79 Å². The van der Waals surface area contributed by atoms with Crippen LogP contribution in [0.15, 0.2) is 18.2 Å². The van der Waals surface area contributed by atoms with Crippen molar-refractivity contribution in [1.29, 1.82) is 0 Å². The number of benzene rings is 1. The predicted octanol–water partition coefficient (Wildman–Crippen LogP) is 0.838. The van der Waals surface area contributed by atoms with E-state index in [1.165, 1.54) is 0 Å². The molecule has 1 heterocycles. The number of amides is 1. The Labute approximate surface area is 111 Å². The van der Waals surface area contributed by atoms with Crippen LogP contribution >= 0.6 is 11.6 Å². The highest BCUT2D eigenvalue weighted by Gasteiger charge is 2.27. The molecular weight excluding hydrogens is 254 g/mol. The molecule has 0 spiro atoms. The van der Waals surface area contributed by atoms with Crippen LogP contribution in [0.3, 0.4) is 0 Å². The summed E-state index contributed by atoms with van der Waals surface area (Å²) in [4.78, 5) is 11.4. The second-order valence-electron chi connectivity index (χ2n) is 4.21. The summed E-state index contributed by atoms with van der Waals surface area (Å²) in [6.07, 6.45) is 0.0599. The van der Waals surface area contributed by atoms with Gasteiger partial charge in [0, 0.05) is 25.9 Å². The van der Waals surface area contributed by atoms with Crippen molar-refractivity contribution in [3.63, 3.8) is 0 Å². The van der Waals surface area contributed by atoms with Gasteiger partial charge in [-0.15, -0.1) is 0 Å². The molecule has 18 heavy (non-hydrogen) atoms. The third-order valence-corrected chi connectivity index (χ3v) is 3.38. The Balaban J connectivity index is 2.23. The number of carbonyl (C=O) groups is 1. The minimum absolute atomic E-state index is 0.0599. The van der Waals surface area contributed by atoms with E-state index in [1.54, 1.807) is 25.3 Å². The molecule has 0 radical (unpaired) electrons. The number of nitrogens with two attached hydrogens (primary N) is 1. The number of hydrogen-bond acceptors (Lipinski definition) is 4. The fraction of sp³-hybridized carbons (Fsp3) is 0.417. The second kappa shape index (κ2) is 5.56. The molecule has 1 aliphatic heterocycles. The van der Waals surface area contributed by atoms with Crippen molar-refractivity contribution in [1.82, 2.24) is 5.32 Å². The number of hydrogen-bond donors (Lipinski definition) is 3. The lowest BCUT2D eigenvalue weighted by Gasteiger charge is -2.21. The van der Waals surface area contributed by atoms with Gasteiger partial charge < -0.3 is 21.1 Å². The Morgan fingerprint density at radius 2 is 2.33 bits per heavy atom. The van der Waals surface area contributed by atoms with Crippen LogP contribution in [0.4, 0.5) is 5.69 Å². The van der Waals surface area contributed by atoms with Crippen molar-refractivity contribution < 1.29 is 9.53 Å². The molecule has 1 aromatic rings. The van der Waals surface area contributed by atoms with Gasteiger partial charge in [-0.1, -0.05) is 17.7 Å². The zero-order valence-corrected chi connectivity index (χ0v) is 10.8. The van der Waals surface area contributed by atoms with Crippen molar-refractivity contribution in [3.8, 4) is 0 Å². The summed E-state index contributed by atoms with van der Waals surface area (Å²) < 4.78 is 5.35. The molecule has 4 N–H and O–H groups in total. The summed E-state index contributed by atoms with van der Waals surface area (Å²) in [7, 11) is 1.67. The molecule has 1 fully saturated rings. The Hall–Kier alpha value is -1.30. The van der Waals surface area contributed by atoms with Gasteiger partial charge in [-0.25, -0.2) is 0 Å². The first-order chi connectivity index (χ1) is 8.63. The summed E-state index contributed by atoms with van der Waals surface area (Å²) in [5.41, 5.74) is 6.31. The summed E-state index contributed by atoms with van der Waals surface area (Å²) >= 11 is 5.99. The molecule has 1 aliphatic rings. The number of rotatable bonds is 4. The molecule has 1 saturated heterocycles. The standard InChI is InChI=1S/C12H16ClN3O2/c1-18-10-6-15-5-9(10)16-8-4-2-3-7(13)11(8)12(14)17/h2-4,9-10,15-16H,5-6H2,1H3,(H2,14,17)/t9?,10-/m1/s1. The average molecular weight is 270 g/mol. The zero-order chi connectivity index (χ0) is 13.1. The summed E-state index contributed by atoms with van der Waals surface area (Å²) in [6, 6.07) is 5.30. The molecule has 1 aromatic carbocycles. The van der Waals surface area contributed by atoms with Crippen LogP contribution in [0, 0.1) is 0 Å². The van der Waals surface area contributed by atoms with E-state index in [2.05, 4.69) is 10.6 Å². The summed E-state index contributed by atoms with van der Waals surface area (Å²) in [6.45, 7) is 1.55. The quantitative estimate of drug-likeness (QED) is 0.757. The average Bonchev–Trinajstić information content (AvgIpc) is 2.76. The zero-order valence-electron chi connectivity index (χ0n) is 10.1. The molecule has 6 heteroatoms. The van der Waals surface area contributed by atoms with Crippen molar-refractivity contribution in [2.24, 2.45) is 5.73 Å². The molecule has 2 rings (SSSR count). The Morgan fingerprint density at radius 3 is 3.00 bits per heavy atom. The number of ether oxygens (including phenoxy) is 1. The van der Waals surface area contributed by atoms with E-state index in [4.69, 9.17) is 22.1 Å². The number of halogens is 1. The van der Waals surface area contributed by atoms with Crippen molar-refractivity contribution in [3.05, 3.63) is 28.8 Å².